The molecule has 2 amide bonds. The van der Waals surface area contributed by atoms with Gasteiger partial charge in [0.25, 0.3) is 0 Å². The topological polar surface area (TPSA) is 79.2 Å². The summed E-state index contributed by atoms with van der Waals surface area (Å²) >= 11 is 0. The molecule has 0 bridgehead atoms. The SMILES string of the molecule is Cn1ccc(NC(=O)NCC2(O)CCCCC2)n1. The summed E-state index contributed by atoms with van der Waals surface area (Å²) in [5.41, 5.74) is -0.736. The fourth-order valence-corrected chi connectivity index (χ4v) is 2.27. The lowest BCUT2D eigenvalue weighted by molar-refractivity contribution is 0.00755. The van der Waals surface area contributed by atoms with Gasteiger partial charge in [0.2, 0.25) is 0 Å². The number of hydrogen-bond acceptors (Lipinski definition) is 3. The highest BCUT2D eigenvalue weighted by atomic mass is 16.3. The molecule has 0 unspecified atom stereocenters. The summed E-state index contributed by atoms with van der Waals surface area (Å²) in [6, 6.07) is 1.39. The van der Waals surface area contributed by atoms with Crippen molar-refractivity contribution in [2.75, 3.05) is 11.9 Å². The highest BCUT2D eigenvalue weighted by Crippen LogP contribution is 2.27. The second-order valence-corrected chi connectivity index (χ2v) is 4.97. The van der Waals surface area contributed by atoms with Crippen LogP contribution in [0.3, 0.4) is 0 Å². The first-order chi connectivity index (χ1) is 8.57. The van der Waals surface area contributed by atoms with E-state index in [0.29, 0.717) is 12.4 Å². The fourth-order valence-electron chi connectivity index (χ4n) is 2.27. The first-order valence-electron chi connectivity index (χ1n) is 6.34. The predicted molar refractivity (Wildman–Crippen MR) is 68.3 cm³/mol. The van der Waals surface area contributed by atoms with Gasteiger partial charge in [0.15, 0.2) is 5.82 Å². The van der Waals surface area contributed by atoms with E-state index in [2.05, 4.69) is 15.7 Å². The second-order valence-electron chi connectivity index (χ2n) is 4.97. The number of hydrogen-bond donors (Lipinski definition) is 3. The number of carbonyl (C=O) groups excluding carboxylic acids is 1. The minimum Gasteiger partial charge on any atom is -0.388 e. The molecule has 1 aliphatic rings. The Bertz CT molecular complexity index is 410. The first-order valence-corrected chi connectivity index (χ1v) is 6.34. The summed E-state index contributed by atoms with van der Waals surface area (Å²) in [5.74, 6) is 0.505. The van der Waals surface area contributed by atoms with Crippen LogP contribution in [-0.2, 0) is 7.05 Å². The quantitative estimate of drug-likeness (QED) is 0.757. The summed E-state index contributed by atoms with van der Waals surface area (Å²) in [4.78, 5) is 11.6. The van der Waals surface area contributed by atoms with Gasteiger partial charge in [-0.1, -0.05) is 19.3 Å². The molecule has 6 heteroatoms. The van der Waals surface area contributed by atoms with E-state index in [1.165, 1.54) is 6.42 Å². The molecule has 1 heterocycles. The van der Waals surface area contributed by atoms with Crippen molar-refractivity contribution < 1.29 is 9.90 Å². The van der Waals surface area contributed by atoms with Gasteiger partial charge in [-0.3, -0.25) is 10.00 Å². The van der Waals surface area contributed by atoms with Crippen molar-refractivity contribution in [2.24, 2.45) is 7.05 Å². The van der Waals surface area contributed by atoms with E-state index in [1.807, 2.05) is 0 Å². The van der Waals surface area contributed by atoms with E-state index >= 15 is 0 Å². The molecule has 0 saturated heterocycles. The summed E-state index contributed by atoms with van der Waals surface area (Å²) in [6.07, 6.45) is 6.50. The van der Waals surface area contributed by atoms with Crippen LogP contribution in [0.15, 0.2) is 12.3 Å². The van der Waals surface area contributed by atoms with Gasteiger partial charge in [-0.2, -0.15) is 5.10 Å². The third kappa shape index (κ3) is 3.46. The third-order valence-electron chi connectivity index (χ3n) is 3.32. The maximum absolute atomic E-state index is 11.6. The van der Waals surface area contributed by atoms with E-state index in [1.54, 1.807) is 24.0 Å². The molecule has 1 aromatic heterocycles. The van der Waals surface area contributed by atoms with Crippen molar-refractivity contribution >= 4 is 11.8 Å². The summed E-state index contributed by atoms with van der Waals surface area (Å²) in [5, 5.41) is 19.6. The Morgan fingerprint density at radius 2 is 2.22 bits per heavy atom. The van der Waals surface area contributed by atoms with Crippen LogP contribution >= 0.6 is 0 Å². The molecular weight excluding hydrogens is 232 g/mol. The zero-order valence-corrected chi connectivity index (χ0v) is 10.6. The predicted octanol–water partition coefficient (Wildman–Crippen LogP) is 1.24. The third-order valence-corrected chi connectivity index (χ3v) is 3.32. The van der Waals surface area contributed by atoms with E-state index in [-0.39, 0.29) is 6.03 Å². The van der Waals surface area contributed by atoms with Crippen molar-refractivity contribution in [1.82, 2.24) is 15.1 Å². The van der Waals surface area contributed by atoms with Crippen molar-refractivity contribution in [1.29, 1.82) is 0 Å². The molecule has 0 aromatic carbocycles. The molecular formula is C12H20N4O2. The molecule has 1 fully saturated rings. The van der Waals surface area contributed by atoms with Crippen molar-refractivity contribution in [3.63, 3.8) is 0 Å². The number of aliphatic hydroxyl groups is 1. The largest absolute Gasteiger partial charge is 0.388 e. The van der Waals surface area contributed by atoms with Crippen LogP contribution in [0.1, 0.15) is 32.1 Å². The van der Waals surface area contributed by atoms with Crippen molar-refractivity contribution in [3.8, 4) is 0 Å². The molecule has 6 nitrogen and oxygen atoms in total. The number of nitrogens with one attached hydrogen (secondary N) is 2. The molecule has 0 aliphatic heterocycles. The fraction of sp³-hybridized carbons (Fsp3) is 0.667. The summed E-state index contributed by atoms with van der Waals surface area (Å²) in [6.45, 7) is 0.297. The Kier molecular flexibility index (Phi) is 3.86. The number of rotatable bonds is 3. The number of amides is 2. The molecule has 0 radical (unpaired) electrons. The average molecular weight is 252 g/mol. The highest BCUT2D eigenvalue weighted by molar-refractivity contribution is 5.88. The number of urea groups is 1. The van der Waals surface area contributed by atoms with E-state index in [0.717, 1.165) is 25.7 Å². The van der Waals surface area contributed by atoms with Crippen LogP contribution in [0.5, 0.6) is 0 Å². The zero-order valence-electron chi connectivity index (χ0n) is 10.6. The molecule has 0 atom stereocenters. The molecule has 1 saturated carbocycles. The number of aromatic nitrogens is 2. The van der Waals surface area contributed by atoms with Gasteiger partial charge in [0.05, 0.1) is 5.60 Å². The van der Waals surface area contributed by atoms with Crippen LogP contribution in [0.4, 0.5) is 10.6 Å². The van der Waals surface area contributed by atoms with Crippen LogP contribution in [0, 0.1) is 0 Å². The molecule has 0 spiro atoms. The Morgan fingerprint density at radius 3 is 2.83 bits per heavy atom. The standard InChI is InChI=1S/C12H20N4O2/c1-16-8-5-10(15-16)14-11(17)13-9-12(18)6-3-2-4-7-12/h5,8,18H,2-4,6-7,9H2,1H3,(H2,13,14,15,17). The minimum absolute atomic E-state index is 0.297. The van der Waals surface area contributed by atoms with Crippen LogP contribution < -0.4 is 10.6 Å². The van der Waals surface area contributed by atoms with Gasteiger partial charge in [0.1, 0.15) is 0 Å². The maximum atomic E-state index is 11.6. The summed E-state index contributed by atoms with van der Waals surface area (Å²) in [7, 11) is 1.79. The monoisotopic (exact) mass is 252 g/mol. The molecule has 18 heavy (non-hydrogen) atoms. The normalized spacial score (nSPS) is 18.3. The van der Waals surface area contributed by atoms with Crippen LogP contribution in [-0.4, -0.2) is 33.1 Å². The molecule has 3 N–H and O–H groups in total. The Balaban J connectivity index is 1.77. The molecule has 1 aromatic rings. The van der Waals surface area contributed by atoms with Crippen LogP contribution in [0.2, 0.25) is 0 Å². The molecule has 100 valence electrons. The van der Waals surface area contributed by atoms with Gasteiger partial charge in [-0.15, -0.1) is 0 Å². The number of nitrogens with zero attached hydrogens (tertiary/aromatic N) is 2. The van der Waals surface area contributed by atoms with E-state index < -0.39 is 5.60 Å². The van der Waals surface area contributed by atoms with Gasteiger partial charge < -0.3 is 10.4 Å². The molecule has 1 aliphatic carbocycles. The lowest BCUT2D eigenvalue weighted by Crippen LogP contribution is -2.45. The average Bonchev–Trinajstić information content (AvgIpc) is 2.73. The van der Waals surface area contributed by atoms with Crippen molar-refractivity contribution in [2.45, 2.75) is 37.7 Å². The lowest BCUT2D eigenvalue weighted by Gasteiger charge is -2.32. The second kappa shape index (κ2) is 5.39. The van der Waals surface area contributed by atoms with Gasteiger partial charge >= 0.3 is 6.03 Å². The van der Waals surface area contributed by atoms with Gasteiger partial charge in [0, 0.05) is 25.9 Å². The lowest BCUT2D eigenvalue weighted by atomic mass is 9.85. The minimum atomic E-state index is -0.736. The number of anilines is 1. The van der Waals surface area contributed by atoms with Crippen LogP contribution in [0.25, 0.3) is 0 Å². The number of carbonyl (C=O) groups is 1. The smallest absolute Gasteiger partial charge is 0.320 e. The highest BCUT2D eigenvalue weighted by Gasteiger charge is 2.29. The van der Waals surface area contributed by atoms with Gasteiger partial charge in [-0.05, 0) is 12.8 Å². The maximum Gasteiger partial charge on any atom is 0.320 e. The molecule has 2 rings (SSSR count). The Morgan fingerprint density at radius 1 is 1.50 bits per heavy atom. The zero-order chi connectivity index (χ0) is 13.0. The van der Waals surface area contributed by atoms with Crippen molar-refractivity contribution in [3.05, 3.63) is 12.3 Å². The van der Waals surface area contributed by atoms with E-state index in [9.17, 15) is 9.90 Å². The first kappa shape index (κ1) is 12.9. The summed E-state index contributed by atoms with van der Waals surface area (Å²) < 4.78 is 1.62. The Hall–Kier alpha value is -1.56. The number of aryl methyl sites for hydroxylation is 1. The van der Waals surface area contributed by atoms with Gasteiger partial charge in [-0.25, -0.2) is 4.79 Å². The Labute approximate surface area is 106 Å². The van der Waals surface area contributed by atoms with E-state index in [4.69, 9.17) is 0 Å².